The van der Waals surface area contributed by atoms with Crippen molar-refractivity contribution >= 4 is 30.3 Å². The molecule has 2 aliphatic carbocycles. The van der Waals surface area contributed by atoms with Gasteiger partial charge >= 0.3 is 11.9 Å². The smallest absolute Gasteiger partial charge is 0.331 e. The molecule has 10 heteroatoms. The Balaban J connectivity index is 0.000000364. The second kappa shape index (κ2) is 12.6. The average Bonchev–Trinajstić information content (AvgIpc) is 2.79. The fourth-order valence-electron chi connectivity index (χ4n) is 4.16. The number of hydrogen-bond donors (Lipinski definition) is 3. The van der Waals surface area contributed by atoms with E-state index in [-0.39, 0.29) is 29.8 Å². The molecule has 9 nitrogen and oxygen atoms in total. The lowest BCUT2D eigenvalue weighted by Gasteiger charge is -2.35. The van der Waals surface area contributed by atoms with E-state index in [1.807, 2.05) is 0 Å². The van der Waals surface area contributed by atoms with Crippen LogP contribution in [0.2, 0.25) is 0 Å². The first-order chi connectivity index (χ1) is 14.8. The zero-order chi connectivity index (χ0) is 22.9. The monoisotopic (exact) mass is 471 g/mol. The van der Waals surface area contributed by atoms with E-state index in [1.165, 1.54) is 39.0 Å². The number of H-pyrrole nitrogens is 1. The van der Waals surface area contributed by atoms with E-state index >= 15 is 0 Å². The third-order valence-corrected chi connectivity index (χ3v) is 6.02. The third-order valence-electron chi connectivity index (χ3n) is 6.02. The highest BCUT2D eigenvalue weighted by molar-refractivity contribution is 5.97. The fraction of sp³-hybridized carbons (Fsp3) is 0.636. The topological polar surface area (TPSA) is 141 Å². The second-order valence-electron chi connectivity index (χ2n) is 8.24. The number of esters is 2. The summed E-state index contributed by atoms with van der Waals surface area (Å²) < 4.78 is 9.47. The van der Waals surface area contributed by atoms with Gasteiger partial charge in [-0.05, 0) is 31.7 Å². The van der Waals surface area contributed by atoms with Crippen LogP contribution in [0.25, 0.3) is 0 Å². The maximum atomic E-state index is 12.2. The standard InChI is InChI=1S/C14H18N2O4.C8H15NO2.ClH/c1-20-13(19)14(7-3-2-4-8-14)16-12(18)10-5-6-11(17)15-9-10;1-11-7(10)8(9)5-3-2-4-6-8;/h5-6,9H,2-4,7-8H2,1H3,(H,15,17)(H,16,18);2-6,9H2,1H3;1H. The van der Waals surface area contributed by atoms with Crippen molar-refractivity contribution in [1.82, 2.24) is 10.3 Å². The van der Waals surface area contributed by atoms with E-state index in [0.717, 1.165) is 44.9 Å². The third kappa shape index (κ3) is 7.06. The van der Waals surface area contributed by atoms with Gasteiger partial charge in [-0.25, -0.2) is 4.79 Å². The number of nitrogens with one attached hydrogen (secondary N) is 2. The molecule has 0 spiro atoms. The van der Waals surface area contributed by atoms with Crippen LogP contribution in [0.1, 0.15) is 74.6 Å². The lowest BCUT2D eigenvalue weighted by Crippen LogP contribution is -2.56. The van der Waals surface area contributed by atoms with Crippen molar-refractivity contribution in [3.63, 3.8) is 0 Å². The number of methoxy groups -OCH3 is 2. The number of rotatable bonds is 4. The van der Waals surface area contributed by atoms with Gasteiger partial charge in [0.15, 0.2) is 0 Å². The van der Waals surface area contributed by atoms with Crippen molar-refractivity contribution in [3.8, 4) is 0 Å². The number of hydrogen-bond acceptors (Lipinski definition) is 7. The number of aromatic nitrogens is 1. The van der Waals surface area contributed by atoms with Gasteiger partial charge in [0.2, 0.25) is 5.56 Å². The van der Waals surface area contributed by atoms with Crippen molar-refractivity contribution in [2.75, 3.05) is 14.2 Å². The van der Waals surface area contributed by atoms with Gasteiger partial charge in [-0.15, -0.1) is 12.4 Å². The van der Waals surface area contributed by atoms with E-state index in [2.05, 4.69) is 15.0 Å². The molecule has 180 valence electrons. The van der Waals surface area contributed by atoms with Crippen LogP contribution < -0.4 is 16.6 Å². The molecule has 0 unspecified atom stereocenters. The summed E-state index contributed by atoms with van der Waals surface area (Å²) in [5.41, 5.74) is 4.26. The molecule has 32 heavy (non-hydrogen) atoms. The Morgan fingerprint density at radius 2 is 1.44 bits per heavy atom. The molecule has 3 rings (SSSR count). The molecule has 0 radical (unpaired) electrons. The van der Waals surface area contributed by atoms with Gasteiger partial charge in [-0.3, -0.25) is 14.4 Å². The molecule has 4 N–H and O–H groups in total. The van der Waals surface area contributed by atoms with Crippen molar-refractivity contribution in [3.05, 3.63) is 34.2 Å². The molecule has 1 aromatic rings. The van der Waals surface area contributed by atoms with E-state index in [9.17, 15) is 19.2 Å². The molecule has 0 aliphatic heterocycles. The summed E-state index contributed by atoms with van der Waals surface area (Å²) in [6.45, 7) is 0. The minimum Gasteiger partial charge on any atom is -0.468 e. The van der Waals surface area contributed by atoms with Gasteiger partial charge in [0.05, 0.1) is 19.8 Å². The number of halogens is 1. The van der Waals surface area contributed by atoms with Crippen LogP contribution in [0.5, 0.6) is 0 Å². The quantitative estimate of drug-likeness (QED) is 0.571. The van der Waals surface area contributed by atoms with Gasteiger partial charge in [-0.1, -0.05) is 38.5 Å². The first kappa shape index (κ1) is 27.6. The molecule has 1 aromatic heterocycles. The molecule has 0 atom stereocenters. The van der Waals surface area contributed by atoms with E-state index in [4.69, 9.17) is 10.5 Å². The summed E-state index contributed by atoms with van der Waals surface area (Å²) in [6.07, 6.45) is 10.1. The molecule has 1 heterocycles. The van der Waals surface area contributed by atoms with Crippen LogP contribution in [0.4, 0.5) is 0 Å². The van der Waals surface area contributed by atoms with Crippen molar-refractivity contribution in [1.29, 1.82) is 0 Å². The molecule has 0 aromatic carbocycles. The Kier molecular flexibility index (Phi) is 10.9. The molecule has 2 fully saturated rings. The highest BCUT2D eigenvalue weighted by Crippen LogP contribution is 2.30. The van der Waals surface area contributed by atoms with E-state index < -0.39 is 17.0 Å². The van der Waals surface area contributed by atoms with Gasteiger partial charge in [0.25, 0.3) is 5.91 Å². The lowest BCUT2D eigenvalue weighted by molar-refractivity contribution is -0.150. The first-order valence-electron chi connectivity index (χ1n) is 10.7. The van der Waals surface area contributed by atoms with E-state index in [1.54, 1.807) is 0 Å². The number of carbonyl (C=O) groups excluding carboxylic acids is 3. The van der Waals surface area contributed by atoms with Crippen molar-refractivity contribution in [2.45, 2.75) is 75.3 Å². The van der Waals surface area contributed by atoms with Gasteiger partial charge < -0.3 is 25.5 Å². The normalized spacial score (nSPS) is 18.6. The zero-order valence-corrected chi connectivity index (χ0v) is 19.6. The van der Waals surface area contributed by atoms with Crippen LogP contribution >= 0.6 is 12.4 Å². The number of pyridine rings is 1. The molecule has 0 saturated heterocycles. The summed E-state index contributed by atoms with van der Waals surface area (Å²) in [5.74, 6) is -1.04. The molecular formula is C22H34ClN3O6. The maximum Gasteiger partial charge on any atom is 0.331 e. The summed E-state index contributed by atoms with van der Waals surface area (Å²) >= 11 is 0. The van der Waals surface area contributed by atoms with Crippen molar-refractivity contribution < 1.29 is 23.9 Å². The van der Waals surface area contributed by atoms with Gasteiger partial charge in [-0.2, -0.15) is 0 Å². The predicted molar refractivity (Wildman–Crippen MR) is 122 cm³/mol. The molecule has 1 amide bonds. The van der Waals surface area contributed by atoms with Gasteiger partial charge in [0, 0.05) is 12.3 Å². The molecule has 0 bridgehead atoms. The highest BCUT2D eigenvalue weighted by atomic mass is 35.5. The minimum absolute atomic E-state index is 0. The number of aromatic amines is 1. The Bertz CT molecular complexity index is 809. The van der Waals surface area contributed by atoms with Crippen LogP contribution in [0, 0.1) is 0 Å². The van der Waals surface area contributed by atoms with Crippen molar-refractivity contribution in [2.24, 2.45) is 5.73 Å². The zero-order valence-electron chi connectivity index (χ0n) is 18.7. The summed E-state index contributed by atoms with van der Waals surface area (Å²) in [7, 11) is 2.72. The summed E-state index contributed by atoms with van der Waals surface area (Å²) in [6, 6.07) is 2.71. The first-order valence-corrected chi connectivity index (χ1v) is 10.7. The largest absolute Gasteiger partial charge is 0.468 e. The Morgan fingerprint density at radius 3 is 1.91 bits per heavy atom. The number of amides is 1. The van der Waals surface area contributed by atoms with Crippen LogP contribution in [-0.2, 0) is 19.1 Å². The van der Waals surface area contributed by atoms with Crippen LogP contribution in [0.3, 0.4) is 0 Å². The average molecular weight is 472 g/mol. The number of carbonyl (C=O) groups is 3. The lowest BCUT2D eigenvalue weighted by atomic mass is 9.81. The molecule has 2 aliphatic rings. The molecule has 2 saturated carbocycles. The maximum absolute atomic E-state index is 12.2. The van der Waals surface area contributed by atoms with Gasteiger partial charge in [0.1, 0.15) is 11.1 Å². The van der Waals surface area contributed by atoms with E-state index in [0.29, 0.717) is 18.4 Å². The summed E-state index contributed by atoms with van der Waals surface area (Å²) in [4.78, 5) is 48.8. The highest BCUT2D eigenvalue weighted by Gasteiger charge is 2.42. The Hall–Kier alpha value is -2.39. The number of ether oxygens (including phenoxy) is 2. The SMILES string of the molecule is COC(=O)C1(N)CCCCC1.COC(=O)C1(NC(=O)c2ccc(=O)[nH]c2)CCCCC1.Cl. The Morgan fingerprint density at radius 1 is 0.906 bits per heavy atom. The summed E-state index contributed by atoms with van der Waals surface area (Å²) in [5, 5.41) is 2.78. The van der Waals surface area contributed by atoms with Crippen LogP contribution in [0.15, 0.2) is 23.1 Å². The van der Waals surface area contributed by atoms with Crippen LogP contribution in [-0.4, -0.2) is 48.1 Å². The molecular weight excluding hydrogens is 438 g/mol. The fourth-order valence-corrected chi connectivity index (χ4v) is 4.16. The predicted octanol–water partition coefficient (Wildman–Crippen LogP) is 2.22. The second-order valence-corrected chi connectivity index (χ2v) is 8.24. The number of nitrogens with two attached hydrogens (primary N) is 1. The Labute approximate surface area is 194 Å². The minimum atomic E-state index is -0.944.